The van der Waals surface area contributed by atoms with Crippen molar-refractivity contribution in [3.63, 3.8) is 0 Å². The largest absolute Gasteiger partial charge is 0.330 e. The van der Waals surface area contributed by atoms with Crippen LogP contribution < -0.4 is 5.73 Å². The van der Waals surface area contributed by atoms with E-state index in [9.17, 15) is 0 Å². The molecule has 1 aliphatic heterocycles. The maximum absolute atomic E-state index is 5.76. The van der Waals surface area contributed by atoms with Gasteiger partial charge in [0.1, 0.15) is 0 Å². The molecule has 0 spiro atoms. The van der Waals surface area contributed by atoms with E-state index in [-0.39, 0.29) is 0 Å². The Hall–Kier alpha value is -0.0800. The first kappa shape index (κ1) is 13.0. The molecule has 0 aromatic rings. The number of nitrogens with zero attached hydrogens (tertiary/aromatic N) is 1. The monoisotopic (exact) mass is 212 g/mol. The third-order valence-corrected chi connectivity index (χ3v) is 3.84. The highest BCUT2D eigenvalue weighted by atomic mass is 15.1. The zero-order valence-electron chi connectivity index (χ0n) is 10.8. The van der Waals surface area contributed by atoms with Crippen LogP contribution in [0.25, 0.3) is 0 Å². The Bertz CT molecular complexity index is 177. The van der Waals surface area contributed by atoms with Crippen LogP contribution in [0.4, 0.5) is 0 Å². The fourth-order valence-electron chi connectivity index (χ4n) is 2.25. The highest BCUT2D eigenvalue weighted by Gasteiger charge is 2.21. The Balaban J connectivity index is 2.26. The lowest BCUT2D eigenvalue weighted by Gasteiger charge is -2.34. The zero-order chi connectivity index (χ0) is 11.3. The van der Waals surface area contributed by atoms with Gasteiger partial charge in [0, 0.05) is 6.54 Å². The molecule has 0 saturated carbocycles. The summed E-state index contributed by atoms with van der Waals surface area (Å²) >= 11 is 0. The highest BCUT2D eigenvalue weighted by Crippen LogP contribution is 2.23. The molecule has 1 atom stereocenters. The summed E-state index contributed by atoms with van der Waals surface area (Å²) in [5.74, 6) is 0.944. The van der Waals surface area contributed by atoms with Gasteiger partial charge in [-0.3, -0.25) is 0 Å². The fraction of sp³-hybridized carbons (Fsp3) is 1.00. The van der Waals surface area contributed by atoms with Gasteiger partial charge in [0.15, 0.2) is 0 Å². The van der Waals surface area contributed by atoms with Crippen LogP contribution in [-0.4, -0.2) is 31.1 Å². The molecule has 2 nitrogen and oxygen atoms in total. The molecule has 1 fully saturated rings. The Kier molecular flexibility index (Phi) is 5.07. The van der Waals surface area contributed by atoms with Crippen LogP contribution in [0.5, 0.6) is 0 Å². The van der Waals surface area contributed by atoms with Crippen LogP contribution in [0.1, 0.15) is 46.5 Å². The molecule has 1 rings (SSSR count). The predicted molar refractivity (Wildman–Crippen MR) is 66.9 cm³/mol. The Morgan fingerprint density at radius 3 is 2.73 bits per heavy atom. The van der Waals surface area contributed by atoms with E-state index >= 15 is 0 Å². The first-order chi connectivity index (χ1) is 7.07. The lowest BCUT2D eigenvalue weighted by atomic mass is 9.88. The van der Waals surface area contributed by atoms with Crippen LogP contribution in [0.3, 0.4) is 0 Å². The van der Waals surface area contributed by atoms with Gasteiger partial charge in [0.2, 0.25) is 0 Å². The van der Waals surface area contributed by atoms with Crippen molar-refractivity contribution >= 4 is 0 Å². The van der Waals surface area contributed by atoms with Gasteiger partial charge in [0.25, 0.3) is 0 Å². The van der Waals surface area contributed by atoms with E-state index in [2.05, 4.69) is 25.7 Å². The quantitative estimate of drug-likeness (QED) is 0.758. The number of hydrogen-bond acceptors (Lipinski definition) is 2. The first-order valence-corrected chi connectivity index (χ1v) is 6.50. The van der Waals surface area contributed by atoms with E-state index in [1.165, 1.54) is 45.3 Å². The number of rotatable bonds is 5. The summed E-state index contributed by atoms with van der Waals surface area (Å²) in [4.78, 5) is 2.63. The summed E-state index contributed by atoms with van der Waals surface area (Å²) in [6.45, 7) is 11.5. The SMILES string of the molecule is CCC1CCCN(CCC(C)(C)CN)C1. The molecule has 1 saturated heterocycles. The van der Waals surface area contributed by atoms with Crippen molar-refractivity contribution < 1.29 is 0 Å². The van der Waals surface area contributed by atoms with Crippen molar-refractivity contribution in [3.8, 4) is 0 Å². The standard InChI is InChI=1S/C13H28N2/c1-4-12-6-5-8-15(10-12)9-7-13(2,3)11-14/h12H,4-11,14H2,1-3H3. The molecule has 2 N–H and O–H groups in total. The number of likely N-dealkylation sites (tertiary alicyclic amines) is 1. The van der Waals surface area contributed by atoms with Crippen molar-refractivity contribution in [2.75, 3.05) is 26.2 Å². The van der Waals surface area contributed by atoms with Gasteiger partial charge in [-0.15, -0.1) is 0 Å². The second-order valence-electron chi connectivity index (χ2n) is 5.84. The Labute approximate surface area is 95.2 Å². The van der Waals surface area contributed by atoms with Crippen LogP contribution >= 0.6 is 0 Å². The normalized spacial score (nSPS) is 24.4. The van der Waals surface area contributed by atoms with Gasteiger partial charge in [-0.1, -0.05) is 27.2 Å². The topological polar surface area (TPSA) is 29.3 Å². The molecule has 1 aliphatic rings. The van der Waals surface area contributed by atoms with Gasteiger partial charge in [0.05, 0.1) is 0 Å². The number of piperidine rings is 1. The molecule has 0 aromatic carbocycles. The molecule has 90 valence electrons. The maximum Gasteiger partial charge on any atom is 0.000957 e. The average molecular weight is 212 g/mol. The average Bonchev–Trinajstić information content (AvgIpc) is 2.27. The van der Waals surface area contributed by atoms with E-state index in [0.717, 1.165) is 12.5 Å². The minimum Gasteiger partial charge on any atom is -0.330 e. The van der Waals surface area contributed by atoms with Gasteiger partial charge in [-0.25, -0.2) is 0 Å². The molecule has 2 heteroatoms. The Morgan fingerprint density at radius 1 is 1.40 bits per heavy atom. The van der Waals surface area contributed by atoms with E-state index in [0.29, 0.717) is 5.41 Å². The molecular weight excluding hydrogens is 184 g/mol. The highest BCUT2D eigenvalue weighted by molar-refractivity contribution is 4.76. The molecule has 0 aromatic heterocycles. The molecule has 15 heavy (non-hydrogen) atoms. The van der Waals surface area contributed by atoms with Crippen LogP contribution in [0.2, 0.25) is 0 Å². The lowest BCUT2D eigenvalue weighted by molar-refractivity contribution is 0.150. The van der Waals surface area contributed by atoms with Crippen molar-refractivity contribution in [2.45, 2.75) is 46.5 Å². The molecule has 1 heterocycles. The summed E-state index contributed by atoms with van der Waals surface area (Å²) in [6.07, 6.45) is 5.41. The zero-order valence-corrected chi connectivity index (χ0v) is 10.8. The van der Waals surface area contributed by atoms with E-state index in [4.69, 9.17) is 5.73 Å². The van der Waals surface area contributed by atoms with Crippen LogP contribution in [0.15, 0.2) is 0 Å². The number of nitrogens with two attached hydrogens (primary N) is 1. The summed E-state index contributed by atoms with van der Waals surface area (Å²) in [6, 6.07) is 0. The smallest absolute Gasteiger partial charge is 0.000957 e. The predicted octanol–water partition coefficient (Wildman–Crippen LogP) is 2.48. The fourth-order valence-corrected chi connectivity index (χ4v) is 2.25. The molecular formula is C13H28N2. The number of hydrogen-bond donors (Lipinski definition) is 1. The minimum atomic E-state index is 0.319. The van der Waals surface area contributed by atoms with Gasteiger partial charge in [-0.05, 0) is 50.2 Å². The van der Waals surface area contributed by atoms with Crippen molar-refractivity contribution in [2.24, 2.45) is 17.1 Å². The second-order valence-corrected chi connectivity index (χ2v) is 5.84. The maximum atomic E-state index is 5.76. The van der Waals surface area contributed by atoms with Gasteiger partial charge in [-0.2, -0.15) is 0 Å². The molecule has 1 unspecified atom stereocenters. The lowest BCUT2D eigenvalue weighted by Crippen LogP contribution is -2.38. The Morgan fingerprint density at radius 2 is 2.13 bits per heavy atom. The van der Waals surface area contributed by atoms with Crippen molar-refractivity contribution in [3.05, 3.63) is 0 Å². The molecule has 0 amide bonds. The third-order valence-electron chi connectivity index (χ3n) is 3.84. The molecule has 0 bridgehead atoms. The van der Waals surface area contributed by atoms with Gasteiger partial charge >= 0.3 is 0 Å². The van der Waals surface area contributed by atoms with Gasteiger partial charge < -0.3 is 10.6 Å². The van der Waals surface area contributed by atoms with E-state index in [1.807, 2.05) is 0 Å². The first-order valence-electron chi connectivity index (χ1n) is 6.50. The third kappa shape index (κ3) is 4.52. The minimum absolute atomic E-state index is 0.319. The van der Waals surface area contributed by atoms with Crippen LogP contribution in [0, 0.1) is 11.3 Å². The summed E-state index contributed by atoms with van der Waals surface area (Å²) in [5, 5.41) is 0. The molecule has 0 radical (unpaired) electrons. The molecule has 0 aliphatic carbocycles. The van der Waals surface area contributed by atoms with Crippen molar-refractivity contribution in [1.29, 1.82) is 0 Å². The summed E-state index contributed by atoms with van der Waals surface area (Å²) in [7, 11) is 0. The summed E-state index contributed by atoms with van der Waals surface area (Å²) < 4.78 is 0. The second kappa shape index (κ2) is 5.86. The summed E-state index contributed by atoms with van der Waals surface area (Å²) in [5.41, 5.74) is 6.08. The van der Waals surface area contributed by atoms with Crippen LogP contribution in [-0.2, 0) is 0 Å². The van der Waals surface area contributed by atoms with Crippen molar-refractivity contribution in [1.82, 2.24) is 4.90 Å². The van der Waals surface area contributed by atoms with E-state index in [1.54, 1.807) is 0 Å². The van der Waals surface area contributed by atoms with E-state index < -0.39 is 0 Å².